The van der Waals surface area contributed by atoms with Crippen molar-refractivity contribution in [3.8, 4) is 0 Å². The third-order valence-electron chi connectivity index (χ3n) is 13.0. The van der Waals surface area contributed by atoms with Gasteiger partial charge in [0.1, 0.15) is 0 Å². The molecule has 0 heterocycles. The number of rotatable bonds is 48. The Bertz CT molecular complexity index is 1230. The Hall–Kier alpha value is -2.90. The van der Waals surface area contributed by atoms with Crippen LogP contribution in [0, 0.1) is 0 Å². The van der Waals surface area contributed by atoms with E-state index in [0.29, 0.717) is 25.7 Å². The van der Waals surface area contributed by atoms with E-state index in [1.165, 1.54) is 166 Å². The lowest BCUT2D eigenvalue weighted by Crippen LogP contribution is -2.24. The first kappa shape index (κ1) is 61.1. The summed E-state index contributed by atoms with van der Waals surface area (Å²) in [5.74, 6) is -3.09. The molecule has 0 atom stereocenters. The molecule has 0 aliphatic carbocycles. The lowest BCUT2D eigenvalue weighted by atomic mass is 9.95. The number of hydrogen-bond acceptors (Lipinski definition) is 8. The van der Waals surface area contributed by atoms with Gasteiger partial charge in [0.15, 0.2) is 0 Å². The highest BCUT2D eigenvalue weighted by Gasteiger charge is 2.33. The molecule has 0 amide bonds. The molecular weight excluding hydrogens is 825 g/mol. The van der Waals surface area contributed by atoms with Crippen LogP contribution in [0.2, 0.25) is 0 Å². The van der Waals surface area contributed by atoms with E-state index in [0.717, 1.165) is 77.0 Å². The summed E-state index contributed by atoms with van der Waals surface area (Å²) in [6, 6.07) is 2.82. The van der Waals surface area contributed by atoms with Crippen molar-refractivity contribution >= 4 is 23.9 Å². The van der Waals surface area contributed by atoms with Crippen molar-refractivity contribution in [2.75, 3.05) is 26.4 Å². The number of carbonyl (C=O) groups is 4. The average molecular weight is 927 g/mol. The molecule has 1 aromatic carbocycles. The minimum absolute atomic E-state index is 0.0905. The van der Waals surface area contributed by atoms with Crippen LogP contribution in [-0.2, 0) is 18.9 Å². The lowest BCUT2D eigenvalue weighted by Gasteiger charge is -2.17. The largest absolute Gasteiger partial charge is 0.462 e. The van der Waals surface area contributed by atoms with Crippen LogP contribution in [0.4, 0.5) is 0 Å². The van der Waals surface area contributed by atoms with Crippen LogP contribution in [0.3, 0.4) is 0 Å². The fourth-order valence-corrected chi connectivity index (χ4v) is 8.68. The van der Waals surface area contributed by atoms with Crippen LogP contribution in [0.5, 0.6) is 0 Å². The molecule has 8 nitrogen and oxygen atoms in total. The van der Waals surface area contributed by atoms with Gasteiger partial charge >= 0.3 is 23.9 Å². The molecule has 0 fully saturated rings. The van der Waals surface area contributed by atoms with E-state index < -0.39 is 23.9 Å². The van der Waals surface area contributed by atoms with Gasteiger partial charge in [-0.2, -0.15) is 0 Å². The van der Waals surface area contributed by atoms with Gasteiger partial charge < -0.3 is 18.9 Å². The monoisotopic (exact) mass is 927 g/mol. The molecule has 1 aromatic rings. The quantitative estimate of drug-likeness (QED) is 0.0361. The molecule has 0 saturated heterocycles. The summed E-state index contributed by atoms with van der Waals surface area (Å²) in [5.41, 5.74) is -0.715. The zero-order valence-corrected chi connectivity index (χ0v) is 43.5. The molecule has 0 aromatic heterocycles. The van der Waals surface area contributed by atoms with E-state index in [2.05, 4.69) is 27.7 Å². The summed E-state index contributed by atoms with van der Waals surface area (Å²) in [6.45, 7) is 9.61. The zero-order valence-electron chi connectivity index (χ0n) is 43.5. The van der Waals surface area contributed by atoms with E-state index in [9.17, 15) is 19.2 Å². The third kappa shape index (κ3) is 32.7. The third-order valence-corrected chi connectivity index (χ3v) is 13.0. The molecule has 0 bridgehead atoms. The predicted octanol–water partition coefficient (Wildman–Crippen LogP) is 18.0. The number of benzene rings is 1. The summed E-state index contributed by atoms with van der Waals surface area (Å²) in [4.78, 5) is 55.8. The van der Waals surface area contributed by atoms with Crippen molar-refractivity contribution in [3.63, 3.8) is 0 Å². The number of unbranched alkanes of at least 4 members (excludes halogenated alkanes) is 36. The Morgan fingerprint density at radius 2 is 0.424 bits per heavy atom. The fraction of sp³-hybridized carbons (Fsp3) is 0.828. The molecule has 1 rings (SSSR count). The Morgan fingerprint density at radius 3 is 0.621 bits per heavy atom. The molecule has 382 valence electrons. The standard InChI is InChI=1S/C58H102O8/c1-5-9-13-17-21-25-29-33-37-41-47-63-55(59)51-45-46-52(56(60)64-48-42-38-34-30-26-22-18-14-10-6-2)54(58(62)66-50-44-40-36-32-28-24-20-16-12-8-4)53(51)57(61)65-49-43-39-35-31-27-23-19-15-11-7-3/h45-46H,5-44,47-50H2,1-4H3. The molecule has 0 radical (unpaired) electrons. The van der Waals surface area contributed by atoms with Gasteiger partial charge in [0.2, 0.25) is 0 Å². The van der Waals surface area contributed by atoms with Gasteiger partial charge in [0.05, 0.1) is 48.7 Å². The van der Waals surface area contributed by atoms with Crippen molar-refractivity contribution in [2.24, 2.45) is 0 Å². The van der Waals surface area contributed by atoms with Crippen molar-refractivity contribution in [1.29, 1.82) is 0 Å². The second kappa shape index (κ2) is 45.9. The summed E-state index contributed by atoms with van der Waals surface area (Å²) < 4.78 is 23.1. The molecule has 0 saturated carbocycles. The van der Waals surface area contributed by atoms with Gasteiger partial charge in [-0.1, -0.05) is 259 Å². The molecule has 0 aliphatic heterocycles. The van der Waals surface area contributed by atoms with Gasteiger partial charge in [0.25, 0.3) is 0 Å². The van der Waals surface area contributed by atoms with Crippen LogP contribution >= 0.6 is 0 Å². The maximum Gasteiger partial charge on any atom is 0.339 e. The summed E-state index contributed by atoms with van der Waals surface area (Å²) in [5, 5.41) is 0. The lowest BCUT2D eigenvalue weighted by molar-refractivity contribution is 0.0415. The highest BCUT2D eigenvalue weighted by Crippen LogP contribution is 2.26. The summed E-state index contributed by atoms with van der Waals surface area (Å²) in [6.07, 6.45) is 45.8. The molecule has 0 N–H and O–H groups in total. The van der Waals surface area contributed by atoms with E-state index >= 15 is 0 Å². The highest BCUT2D eigenvalue weighted by molar-refractivity contribution is 6.15. The summed E-state index contributed by atoms with van der Waals surface area (Å²) in [7, 11) is 0. The minimum Gasteiger partial charge on any atom is -0.462 e. The highest BCUT2D eigenvalue weighted by atomic mass is 16.5. The minimum atomic E-state index is -0.827. The average Bonchev–Trinajstić information content (AvgIpc) is 3.32. The molecule has 0 spiro atoms. The van der Waals surface area contributed by atoms with Crippen molar-refractivity contribution < 1.29 is 38.1 Å². The Balaban J connectivity index is 3.11. The first-order chi connectivity index (χ1) is 32.4. The SMILES string of the molecule is CCCCCCCCCCCCOC(=O)c1ccc(C(=O)OCCCCCCCCCCCC)c(C(=O)OCCCCCCCCCCCC)c1C(=O)OCCCCCCCCCCCC. The second-order valence-corrected chi connectivity index (χ2v) is 19.2. The van der Waals surface area contributed by atoms with Crippen molar-refractivity contribution in [3.05, 3.63) is 34.4 Å². The van der Waals surface area contributed by atoms with E-state index in [4.69, 9.17) is 18.9 Å². The first-order valence-corrected chi connectivity index (χ1v) is 28.3. The summed E-state index contributed by atoms with van der Waals surface area (Å²) >= 11 is 0. The number of esters is 4. The van der Waals surface area contributed by atoms with Crippen LogP contribution < -0.4 is 0 Å². The van der Waals surface area contributed by atoms with E-state index in [-0.39, 0.29) is 48.7 Å². The first-order valence-electron chi connectivity index (χ1n) is 28.3. The van der Waals surface area contributed by atoms with Gasteiger partial charge in [-0.05, 0) is 37.8 Å². The van der Waals surface area contributed by atoms with Crippen LogP contribution in [-0.4, -0.2) is 50.3 Å². The second-order valence-electron chi connectivity index (χ2n) is 19.2. The maximum atomic E-state index is 14.1. The molecular formula is C58H102O8. The number of carbonyl (C=O) groups excluding carboxylic acids is 4. The van der Waals surface area contributed by atoms with Crippen LogP contribution in [0.15, 0.2) is 12.1 Å². The Morgan fingerprint density at radius 1 is 0.258 bits per heavy atom. The van der Waals surface area contributed by atoms with E-state index in [1.807, 2.05) is 0 Å². The molecule has 0 aliphatic rings. The topological polar surface area (TPSA) is 105 Å². The Labute approximate surface area is 406 Å². The molecule has 66 heavy (non-hydrogen) atoms. The van der Waals surface area contributed by atoms with Crippen LogP contribution in [0.25, 0.3) is 0 Å². The molecule has 0 unspecified atom stereocenters. The predicted molar refractivity (Wildman–Crippen MR) is 275 cm³/mol. The zero-order chi connectivity index (χ0) is 48.0. The number of ether oxygens (including phenoxy) is 4. The Kier molecular flexibility index (Phi) is 42.5. The van der Waals surface area contributed by atoms with Gasteiger partial charge in [-0.3, -0.25) is 0 Å². The van der Waals surface area contributed by atoms with Gasteiger partial charge in [-0.25, -0.2) is 19.2 Å². The van der Waals surface area contributed by atoms with Crippen molar-refractivity contribution in [2.45, 2.75) is 285 Å². The van der Waals surface area contributed by atoms with Gasteiger partial charge in [-0.15, -0.1) is 0 Å². The fourth-order valence-electron chi connectivity index (χ4n) is 8.68. The molecule has 8 heteroatoms. The van der Waals surface area contributed by atoms with Gasteiger partial charge in [0, 0.05) is 0 Å². The normalized spacial score (nSPS) is 11.2. The van der Waals surface area contributed by atoms with E-state index in [1.54, 1.807) is 0 Å². The number of hydrogen-bond donors (Lipinski definition) is 0. The van der Waals surface area contributed by atoms with Crippen LogP contribution in [0.1, 0.15) is 326 Å². The smallest absolute Gasteiger partial charge is 0.339 e. The maximum absolute atomic E-state index is 14.1. The van der Waals surface area contributed by atoms with Crippen molar-refractivity contribution in [1.82, 2.24) is 0 Å².